The molecule has 0 saturated heterocycles. The fourth-order valence-corrected chi connectivity index (χ4v) is 3.48. The second kappa shape index (κ2) is 31.1. The Morgan fingerprint density at radius 1 is 0.378 bits per heavy atom. The summed E-state index contributed by atoms with van der Waals surface area (Å²) >= 11 is 0. The Hall–Kier alpha value is 0.526. The molecule has 0 amide bonds. The summed E-state index contributed by atoms with van der Waals surface area (Å²) in [4.78, 5) is 0. The zero-order chi connectivity index (χ0) is 27.4. The van der Waals surface area contributed by atoms with Gasteiger partial charge in [0.15, 0.2) is 0 Å². The molecular weight excluding hydrogens is 481 g/mol. The van der Waals surface area contributed by atoms with Crippen LogP contribution in [0.15, 0.2) is 0 Å². The predicted molar refractivity (Wildman–Crippen MR) is 152 cm³/mol. The van der Waals surface area contributed by atoms with Crippen LogP contribution < -0.4 is 10.2 Å². The monoisotopic (exact) mass is 542 g/mol. The molecule has 0 radical (unpaired) electrons. The number of hydrogen-bond acceptors (Lipinski definition) is 6. The van der Waals surface area contributed by atoms with Crippen molar-refractivity contribution in [3.8, 4) is 0 Å². The van der Waals surface area contributed by atoms with Gasteiger partial charge in [-0.3, -0.25) is 0 Å². The van der Waals surface area contributed by atoms with E-state index in [0.717, 1.165) is 103 Å². The predicted octanol–water partition coefficient (Wildman–Crippen LogP) is 6.83. The Balaban J connectivity index is -0.000000608. The molecule has 0 saturated carbocycles. The van der Waals surface area contributed by atoms with Crippen LogP contribution in [0.4, 0.5) is 0 Å². The van der Waals surface area contributed by atoms with Crippen LogP contribution in [-0.4, -0.2) is 61.4 Å². The summed E-state index contributed by atoms with van der Waals surface area (Å²) < 4.78 is 21.7. The van der Waals surface area contributed by atoms with Crippen LogP contribution in [0.1, 0.15) is 157 Å². The van der Waals surface area contributed by atoms with Gasteiger partial charge in [-0.25, -0.2) is 0 Å². The van der Waals surface area contributed by atoms with Crippen molar-refractivity contribution in [2.24, 2.45) is 0 Å². The van der Waals surface area contributed by atoms with Gasteiger partial charge in [0, 0.05) is 26.4 Å². The van der Waals surface area contributed by atoms with Crippen LogP contribution in [0, 0.1) is 0 Å². The van der Waals surface area contributed by atoms with Gasteiger partial charge in [0.2, 0.25) is 0 Å². The molecule has 7 heteroatoms. The van der Waals surface area contributed by atoms with Crippen molar-refractivity contribution >= 4 is 23.1 Å². The molecule has 220 valence electrons. The van der Waals surface area contributed by atoms with Crippen molar-refractivity contribution in [2.75, 3.05) is 26.4 Å². The Morgan fingerprint density at radius 2 is 0.595 bits per heavy atom. The second-order valence-electron chi connectivity index (χ2n) is 9.80. The van der Waals surface area contributed by atoms with Crippen molar-refractivity contribution in [2.45, 2.75) is 169 Å². The smallest absolute Gasteiger partial charge is 0.807 e. The summed E-state index contributed by atoms with van der Waals surface area (Å²) in [5.74, 6) is -3.20. The van der Waals surface area contributed by atoms with E-state index in [0.29, 0.717) is 39.3 Å². The van der Waals surface area contributed by atoms with Crippen molar-refractivity contribution in [1.82, 2.24) is 0 Å². The molecule has 0 atom stereocenters. The second-order valence-corrected chi connectivity index (χ2v) is 9.80. The Kier molecular flexibility index (Phi) is 35.3. The molecule has 0 unspecified atom stereocenters. The van der Waals surface area contributed by atoms with Crippen molar-refractivity contribution in [3.05, 3.63) is 0 Å². The summed E-state index contributed by atoms with van der Waals surface area (Å²) in [5, 5.41) is 24.7. The first-order valence-corrected chi connectivity index (χ1v) is 15.3. The van der Waals surface area contributed by atoms with Crippen molar-refractivity contribution in [3.63, 3.8) is 0 Å². The van der Waals surface area contributed by atoms with E-state index in [1.807, 2.05) is 0 Å². The molecule has 0 spiro atoms. The molecule has 0 aromatic carbocycles. The van der Waals surface area contributed by atoms with E-state index in [1.54, 1.807) is 0 Å². The van der Waals surface area contributed by atoms with Crippen LogP contribution in [0.3, 0.4) is 0 Å². The standard InChI is InChI=1S/2C15H31O3.Mg/c2*1-4-7-10-13-17-15(16,12-9-6-3)18-14-11-8-5-2;/h2*4-14H2,1-3H3;/q2*-1;+2. The van der Waals surface area contributed by atoms with Crippen LogP contribution in [0.5, 0.6) is 0 Å². The molecular formula is C30H62MgO6. The Morgan fingerprint density at radius 3 is 0.784 bits per heavy atom. The van der Waals surface area contributed by atoms with E-state index in [9.17, 15) is 10.2 Å². The number of ether oxygens (including phenoxy) is 4. The third-order valence-electron chi connectivity index (χ3n) is 5.95. The molecule has 0 bridgehead atoms. The fraction of sp³-hybridized carbons (Fsp3) is 1.00. The van der Waals surface area contributed by atoms with Gasteiger partial charge >= 0.3 is 23.1 Å². The molecule has 0 aromatic rings. The number of unbranched alkanes of at least 4 members (excludes halogenated alkanes) is 10. The molecule has 37 heavy (non-hydrogen) atoms. The van der Waals surface area contributed by atoms with Gasteiger partial charge < -0.3 is 29.2 Å². The first-order valence-electron chi connectivity index (χ1n) is 15.3. The minimum absolute atomic E-state index is 0. The number of rotatable bonds is 26. The average Bonchev–Trinajstić information content (AvgIpc) is 2.88. The van der Waals surface area contributed by atoms with Gasteiger partial charge in [-0.2, -0.15) is 0 Å². The quantitative estimate of drug-likeness (QED) is 0.0676. The minimum atomic E-state index is -1.60. The van der Waals surface area contributed by atoms with Crippen molar-refractivity contribution < 1.29 is 29.2 Å². The maximum absolute atomic E-state index is 12.3. The third-order valence-corrected chi connectivity index (χ3v) is 5.95. The molecule has 0 rings (SSSR count). The van der Waals surface area contributed by atoms with Crippen LogP contribution in [0.2, 0.25) is 0 Å². The Bertz CT molecular complexity index is 363. The molecule has 0 aliphatic carbocycles. The van der Waals surface area contributed by atoms with E-state index >= 15 is 0 Å². The van der Waals surface area contributed by atoms with Gasteiger partial charge in [0.05, 0.1) is 11.9 Å². The zero-order valence-corrected chi connectivity index (χ0v) is 27.1. The summed E-state index contributed by atoms with van der Waals surface area (Å²) in [7, 11) is 0. The summed E-state index contributed by atoms with van der Waals surface area (Å²) in [5.41, 5.74) is 0. The van der Waals surface area contributed by atoms with Crippen molar-refractivity contribution in [1.29, 1.82) is 0 Å². The van der Waals surface area contributed by atoms with E-state index in [2.05, 4.69) is 41.5 Å². The molecule has 0 aromatic heterocycles. The fourth-order valence-electron chi connectivity index (χ4n) is 3.48. The molecule has 0 aliphatic heterocycles. The molecule has 0 N–H and O–H groups in total. The van der Waals surface area contributed by atoms with Crippen LogP contribution >= 0.6 is 0 Å². The zero-order valence-electron chi connectivity index (χ0n) is 25.7. The van der Waals surface area contributed by atoms with Crippen LogP contribution in [0.25, 0.3) is 0 Å². The largest absolute Gasteiger partial charge is 2.00 e. The molecule has 0 fully saturated rings. The van der Waals surface area contributed by atoms with E-state index < -0.39 is 11.9 Å². The number of hydrogen-bond donors (Lipinski definition) is 0. The first-order chi connectivity index (χ1) is 17.4. The Labute approximate surface area is 247 Å². The topological polar surface area (TPSA) is 83.0 Å². The molecule has 0 aliphatic rings. The van der Waals surface area contributed by atoms with Gasteiger partial charge in [0.25, 0.3) is 0 Å². The van der Waals surface area contributed by atoms with Gasteiger partial charge in [0.1, 0.15) is 0 Å². The van der Waals surface area contributed by atoms with E-state index in [1.165, 1.54) is 0 Å². The first kappa shape index (κ1) is 42.0. The molecule has 6 nitrogen and oxygen atoms in total. The maximum Gasteiger partial charge on any atom is 2.00 e. The SMILES string of the molecule is CCCCCOC([O-])(CCCC)OCCCCC.CCCCCOC([O-])(CCCC)OCCCCC.[Mg+2]. The summed E-state index contributed by atoms with van der Waals surface area (Å²) in [6, 6.07) is 0. The van der Waals surface area contributed by atoms with Gasteiger partial charge in [-0.1, -0.05) is 106 Å². The van der Waals surface area contributed by atoms with E-state index in [4.69, 9.17) is 18.9 Å². The minimum Gasteiger partial charge on any atom is -0.807 e. The molecule has 0 heterocycles. The average molecular weight is 543 g/mol. The van der Waals surface area contributed by atoms with Gasteiger partial charge in [-0.05, 0) is 51.4 Å². The third kappa shape index (κ3) is 29.3. The summed E-state index contributed by atoms with van der Waals surface area (Å²) in [6.07, 6.45) is 17.5. The van der Waals surface area contributed by atoms with Gasteiger partial charge in [-0.15, -0.1) is 0 Å². The van der Waals surface area contributed by atoms with E-state index in [-0.39, 0.29) is 23.1 Å². The maximum atomic E-state index is 12.3. The van der Waals surface area contributed by atoms with Crippen LogP contribution in [-0.2, 0) is 18.9 Å². The normalized spacial score (nSPS) is 11.7. The summed E-state index contributed by atoms with van der Waals surface area (Å²) in [6.45, 7) is 14.8.